The Morgan fingerprint density at radius 2 is 0.902 bits per heavy atom. The summed E-state index contributed by atoms with van der Waals surface area (Å²) in [6.07, 6.45) is 6.56. The molecule has 2 aromatic rings. The van der Waals surface area contributed by atoms with Gasteiger partial charge in [-0.25, -0.2) is 16.8 Å². The minimum atomic E-state index is -4.81. The number of benzene rings is 2. The SMILES string of the molecule is CCCCOc1ccc(S(=O)(=O)C(=[N+]=[N-])S(=O)(=O)c2ccc(OCCCC)c(OCCCC)c2)cc1OCCCC. The van der Waals surface area contributed by atoms with Crippen LogP contribution in [0.15, 0.2) is 46.2 Å². The minimum Gasteiger partial charge on any atom is -0.490 e. The van der Waals surface area contributed by atoms with Gasteiger partial charge in [0.15, 0.2) is 23.0 Å². The van der Waals surface area contributed by atoms with Gasteiger partial charge in [0.2, 0.25) is 0 Å². The quantitative estimate of drug-likeness (QED) is 0.0635. The van der Waals surface area contributed by atoms with Crippen LogP contribution in [0.25, 0.3) is 5.53 Å². The standard InChI is InChI=1S/C29H42N2O8S2/c1-5-9-17-36-25-15-13-23(21-27(25)38-19-11-7-3)40(32,33)29(31-30)41(34,35)24-14-16-26(37-18-10-6-2)28(22-24)39-20-12-8-4/h13-16,21-22H,5-12,17-20H2,1-4H3. The normalized spacial score (nSPS) is 11.5. The van der Waals surface area contributed by atoms with E-state index in [1.54, 1.807) is 0 Å². The van der Waals surface area contributed by atoms with E-state index in [1.807, 2.05) is 27.7 Å². The zero-order valence-electron chi connectivity index (χ0n) is 24.4. The summed E-state index contributed by atoms with van der Waals surface area (Å²) in [5.41, 5.74) is 9.72. The van der Waals surface area contributed by atoms with Gasteiger partial charge in [-0.2, -0.15) is 0 Å². The summed E-state index contributed by atoms with van der Waals surface area (Å²) < 4.78 is 75.8. The van der Waals surface area contributed by atoms with E-state index >= 15 is 0 Å². The van der Waals surface area contributed by atoms with Gasteiger partial charge in [-0.05, 0) is 49.9 Å². The molecule has 0 saturated heterocycles. The molecular formula is C29H42N2O8S2. The molecule has 2 rings (SSSR count). The first kappa shape index (κ1) is 34.1. The van der Waals surface area contributed by atoms with Gasteiger partial charge in [0.05, 0.1) is 36.2 Å². The molecule has 0 aliphatic heterocycles. The van der Waals surface area contributed by atoms with E-state index in [4.69, 9.17) is 18.9 Å². The first-order valence-electron chi connectivity index (χ1n) is 14.2. The first-order chi connectivity index (χ1) is 19.7. The Morgan fingerprint density at radius 3 is 1.20 bits per heavy atom. The zero-order chi connectivity index (χ0) is 30.3. The van der Waals surface area contributed by atoms with Crippen LogP contribution in [-0.4, -0.2) is 52.4 Å². The molecule has 0 unspecified atom stereocenters. The van der Waals surface area contributed by atoms with Crippen molar-refractivity contribution in [2.24, 2.45) is 0 Å². The molecule has 12 heteroatoms. The van der Waals surface area contributed by atoms with Crippen molar-refractivity contribution in [3.8, 4) is 23.0 Å². The molecule has 0 aromatic heterocycles. The second-order valence-corrected chi connectivity index (χ2v) is 13.4. The van der Waals surface area contributed by atoms with E-state index < -0.39 is 33.8 Å². The molecule has 41 heavy (non-hydrogen) atoms. The molecule has 0 heterocycles. The highest BCUT2D eigenvalue weighted by Gasteiger charge is 2.44. The Kier molecular flexibility index (Phi) is 14.2. The van der Waals surface area contributed by atoms with Crippen LogP contribution in [0, 0.1) is 0 Å². The van der Waals surface area contributed by atoms with Crippen molar-refractivity contribution in [3.63, 3.8) is 0 Å². The topological polar surface area (TPSA) is 142 Å². The van der Waals surface area contributed by atoms with Crippen LogP contribution in [0.2, 0.25) is 0 Å². The van der Waals surface area contributed by atoms with E-state index in [0.29, 0.717) is 37.9 Å². The average Bonchev–Trinajstić information content (AvgIpc) is 2.94. The summed E-state index contributed by atoms with van der Waals surface area (Å²) in [4.78, 5) is 1.93. The number of nitrogens with zero attached hydrogens (tertiary/aromatic N) is 2. The number of rotatable bonds is 18. The molecule has 0 radical (unpaired) electrons. The number of unbranched alkanes of at least 4 members (excludes halogenated alkanes) is 4. The second kappa shape index (κ2) is 17.0. The number of hydrogen-bond donors (Lipinski definition) is 0. The summed E-state index contributed by atoms with van der Waals surface area (Å²) in [5.74, 6) is 0.994. The summed E-state index contributed by atoms with van der Waals surface area (Å²) in [7, 11) is -9.62. The monoisotopic (exact) mass is 610 g/mol. The van der Waals surface area contributed by atoms with Crippen molar-refractivity contribution in [2.75, 3.05) is 26.4 Å². The van der Waals surface area contributed by atoms with Gasteiger partial charge >= 0.3 is 4.38 Å². The van der Waals surface area contributed by atoms with Crippen LogP contribution in [0.3, 0.4) is 0 Å². The molecule has 0 aliphatic rings. The second-order valence-electron chi connectivity index (χ2n) is 9.40. The molecule has 0 amide bonds. The predicted octanol–water partition coefficient (Wildman–Crippen LogP) is 6.24. The lowest BCUT2D eigenvalue weighted by Crippen LogP contribution is -2.26. The molecule has 228 valence electrons. The first-order valence-corrected chi connectivity index (χ1v) is 17.1. The van der Waals surface area contributed by atoms with Gasteiger partial charge in [0.25, 0.3) is 19.7 Å². The molecule has 0 saturated carbocycles. The number of sulfone groups is 2. The lowest BCUT2D eigenvalue weighted by atomic mass is 10.3. The van der Waals surface area contributed by atoms with Crippen molar-refractivity contribution < 1.29 is 40.6 Å². The minimum absolute atomic E-state index is 0.158. The molecule has 2 aromatic carbocycles. The Balaban J connectivity index is 2.50. The van der Waals surface area contributed by atoms with Crippen LogP contribution in [0.1, 0.15) is 79.1 Å². The largest absolute Gasteiger partial charge is 0.504 e. The summed E-state index contributed by atoms with van der Waals surface area (Å²) in [6, 6.07) is 7.61. The van der Waals surface area contributed by atoms with E-state index in [1.165, 1.54) is 36.4 Å². The van der Waals surface area contributed by atoms with Crippen molar-refractivity contribution in [3.05, 3.63) is 41.9 Å². The van der Waals surface area contributed by atoms with Gasteiger partial charge in [0.1, 0.15) is 0 Å². The van der Waals surface area contributed by atoms with E-state index in [-0.39, 0.29) is 11.5 Å². The lowest BCUT2D eigenvalue weighted by molar-refractivity contribution is 0.00380. The molecule has 0 fully saturated rings. The third-order valence-corrected chi connectivity index (χ3v) is 10.2. The fourth-order valence-electron chi connectivity index (χ4n) is 3.53. The van der Waals surface area contributed by atoms with Crippen molar-refractivity contribution in [1.82, 2.24) is 0 Å². The van der Waals surface area contributed by atoms with E-state index in [0.717, 1.165) is 51.4 Å². The number of ether oxygens (including phenoxy) is 4. The van der Waals surface area contributed by atoms with Gasteiger partial charge in [0, 0.05) is 12.1 Å². The van der Waals surface area contributed by atoms with E-state index in [9.17, 15) is 22.4 Å². The van der Waals surface area contributed by atoms with Crippen molar-refractivity contribution in [1.29, 1.82) is 0 Å². The van der Waals surface area contributed by atoms with Gasteiger partial charge in [-0.3, -0.25) is 0 Å². The van der Waals surface area contributed by atoms with Gasteiger partial charge in [-0.1, -0.05) is 53.4 Å². The van der Waals surface area contributed by atoms with Crippen LogP contribution < -0.4 is 18.9 Å². The summed E-state index contributed by atoms with van der Waals surface area (Å²) in [6.45, 7) is 9.45. The van der Waals surface area contributed by atoms with Crippen molar-refractivity contribution in [2.45, 2.75) is 88.9 Å². The molecule has 10 nitrogen and oxygen atoms in total. The molecule has 0 atom stereocenters. The lowest BCUT2D eigenvalue weighted by Gasteiger charge is -2.14. The fraction of sp³-hybridized carbons (Fsp3) is 0.552. The summed E-state index contributed by atoms with van der Waals surface area (Å²) >= 11 is 0. The molecule has 0 N–H and O–H groups in total. The highest BCUT2D eigenvalue weighted by atomic mass is 32.3. The zero-order valence-corrected chi connectivity index (χ0v) is 26.1. The van der Waals surface area contributed by atoms with Crippen LogP contribution in [0.4, 0.5) is 0 Å². The molecule has 0 aliphatic carbocycles. The maximum absolute atomic E-state index is 13.6. The highest BCUT2D eigenvalue weighted by molar-refractivity contribution is 8.31. The predicted molar refractivity (Wildman–Crippen MR) is 157 cm³/mol. The van der Waals surface area contributed by atoms with Crippen LogP contribution in [-0.2, 0) is 19.7 Å². The summed E-state index contributed by atoms with van der Waals surface area (Å²) in [5, 5.41) is 0. The fourth-order valence-corrected chi connectivity index (χ4v) is 6.90. The smallest absolute Gasteiger partial charge is 0.490 e. The molecular weight excluding hydrogens is 568 g/mol. The Bertz CT molecular complexity index is 1290. The average molecular weight is 611 g/mol. The number of hydrogen-bond acceptors (Lipinski definition) is 8. The van der Waals surface area contributed by atoms with Crippen molar-refractivity contribution >= 4 is 24.1 Å². The van der Waals surface area contributed by atoms with Crippen LogP contribution >= 0.6 is 0 Å². The molecule has 0 bridgehead atoms. The maximum atomic E-state index is 13.6. The third-order valence-electron chi connectivity index (χ3n) is 6.01. The van der Waals surface area contributed by atoms with E-state index in [2.05, 4.69) is 4.79 Å². The Labute approximate surface area is 244 Å². The molecule has 0 spiro atoms. The van der Waals surface area contributed by atoms with Gasteiger partial charge < -0.3 is 24.5 Å². The maximum Gasteiger partial charge on any atom is 0.504 e. The van der Waals surface area contributed by atoms with Gasteiger partial charge in [-0.15, -0.1) is 4.79 Å². The highest BCUT2D eigenvalue weighted by Crippen LogP contribution is 2.34. The third kappa shape index (κ3) is 9.48. The van der Waals surface area contributed by atoms with Crippen LogP contribution in [0.5, 0.6) is 23.0 Å². The Hall–Kier alpha value is -3.08. The Morgan fingerprint density at radius 1 is 0.585 bits per heavy atom.